The standard InChI is InChI=1S/C24H20FN5O2/c1-29(16-22(31)27-19-11-9-18(25)10-12-19)24(32)21-15-30(20-7-3-2-4-8-20)28-23(21)17-6-5-13-26-14-17/h2-15H,16H2,1H3,(H,27,31). The quantitative estimate of drug-likeness (QED) is 0.506. The Morgan fingerprint density at radius 3 is 2.47 bits per heavy atom. The van der Waals surface area contributed by atoms with Gasteiger partial charge in [0, 0.05) is 36.9 Å². The molecule has 0 fully saturated rings. The van der Waals surface area contributed by atoms with Gasteiger partial charge < -0.3 is 10.2 Å². The van der Waals surface area contributed by atoms with E-state index in [0.29, 0.717) is 22.5 Å². The molecule has 2 amide bonds. The zero-order valence-electron chi connectivity index (χ0n) is 17.3. The van der Waals surface area contributed by atoms with Crippen LogP contribution in [0.15, 0.2) is 85.3 Å². The fourth-order valence-electron chi connectivity index (χ4n) is 3.19. The number of likely N-dealkylation sites (N-methyl/N-ethyl adjacent to an activating group) is 1. The van der Waals surface area contributed by atoms with Gasteiger partial charge in [0.25, 0.3) is 5.91 Å². The van der Waals surface area contributed by atoms with Crippen LogP contribution in [0.1, 0.15) is 10.4 Å². The number of anilines is 1. The molecule has 4 rings (SSSR count). The van der Waals surface area contributed by atoms with Crippen LogP contribution < -0.4 is 5.32 Å². The first-order chi connectivity index (χ1) is 15.5. The molecular formula is C24H20FN5O2. The van der Waals surface area contributed by atoms with Gasteiger partial charge in [-0.2, -0.15) is 5.10 Å². The van der Waals surface area contributed by atoms with Crippen molar-refractivity contribution in [1.29, 1.82) is 0 Å². The molecule has 0 spiro atoms. The minimum Gasteiger partial charge on any atom is -0.332 e. The van der Waals surface area contributed by atoms with E-state index in [9.17, 15) is 14.0 Å². The van der Waals surface area contributed by atoms with Gasteiger partial charge in [0.15, 0.2) is 0 Å². The number of aromatic nitrogens is 3. The van der Waals surface area contributed by atoms with E-state index in [1.54, 1.807) is 36.4 Å². The maximum atomic E-state index is 13.2. The summed E-state index contributed by atoms with van der Waals surface area (Å²) < 4.78 is 14.7. The number of amides is 2. The predicted octanol–water partition coefficient (Wildman–Crippen LogP) is 3.78. The Hall–Kier alpha value is -4.33. The molecule has 0 aliphatic heterocycles. The Balaban J connectivity index is 1.58. The smallest absolute Gasteiger partial charge is 0.257 e. The van der Waals surface area contributed by atoms with Crippen molar-refractivity contribution < 1.29 is 14.0 Å². The maximum Gasteiger partial charge on any atom is 0.257 e. The first kappa shape index (κ1) is 20.9. The van der Waals surface area contributed by atoms with E-state index < -0.39 is 11.7 Å². The highest BCUT2D eigenvalue weighted by Crippen LogP contribution is 2.24. The fraction of sp³-hybridized carbons (Fsp3) is 0.0833. The zero-order chi connectivity index (χ0) is 22.5. The number of pyridine rings is 1. The number of rotatable bonds is 6. The number of nitrogens with one attached hydrogen (secondary N) is 1. The topological polar surface area (TPSA) is 80.1 Å². The van der Waals surface area contributed by atoms with E-state index in [-0.39, 0.29) is 12.5 Å². The molecule has 0 saturated carbocycles. The third-order valence-corrected chi connectivity index (χ3v) is 4.76. The minimum atomic E-state index is -0.397. The molecular weight excluding hydrogens is 409 g/mol. The Bertz CT molecular complexity index is 1220. The number of benzene rings is 2. The summed E-state index contributed by atoms with van der Waals surface area (Å²) in [5, 5.41) is 7.26. The highest BCUT2D eigenvalue weighted by atomic mass is 19.1. The second-order valence-corrected chi connectivity index (χ2v) is 7.13. The summed E-state index contributed by atoms with van der Waals surface area (Å²) >= 11 is 0. The molecule has 0 aliphatic rings. The van der Waals surface area contributed by atoms with Crippen molar-refractivity contribution in [1.82, 2.24) is 19.7 Å². The lowest BCUT2D eigenvalue weighted by molar-refractivity contribution is -0.116. The minimum absolute atomic E-state index is 0.181. The van der Waals surface area contributed by atoms with Crippen molar-refractivity contribution in [3.8, 4) is 16.9 Å². The highest BCUT2D eigenvalue weighted by Gasteiger charge is 2.23. The summed E-state index contributed by atoms with van der Waals surface area (Å²) in [7, 11) is 1.54. The van der Waals surface area contributed by atoms with E-state index in [1.165, 1.54) is 29.2 Å². The van der Waals surface area contributed by atoms with Gasteiger partial charge in [0.1, 0.15) is 11.5 Å². The molecule has 2 aromatic heterocycles. The van der Waals surface area contributed by atoms with Gasteiger partial charge in [-0.1, -0.05) is 18.2 Å². The number of nitrogens with zero attached hydrogens (tertiary/aromatic N) is 4. The van der Waals surface area contributed by atoms with Gasteiger partial charge in [-0.15, -0.1) is 0 Å². The summed E-state index contributed by atoms with van der Waals surface area (Å²) in [5.41, 5.74) is 2.75. The van der Waals surface area contributed by atoms with Crippen molar-refractivity contribution in [2.75, 3.05) is 18.9 Å². The molecule has 32 heavy (non-hydrogen) atoms. The molecule has 2 heterocycles. The third kappa shape index (κ3) is 4.70. The van der Waals surface area contributed by atoms with Gasteiger partial charge in [-0.05, 0) is 48.5 Å². The molecule has 160 valence electrons. The molecule has 0 saturated heterocycles. The van der Waals surface area contributed by atoms with Crippen LogP contribution in [0.3, 0.4) is 0 Å². The summed E-state index contributed by atoms with van der Waals surface area (Å²) in [4.78, 5) is 31.1. The zero-order valence-corrected chi connectivity index (χ0v) is 17.3. The summed E-state index contributed by atoms with van der Waals surface area (Å²) in [6.45, 7) is -0.181. The molecule has 1 N–H and O–H groups in total. The predicted molar refractivity (Wildman–Crippen MR) is 119 cm³/mol. The molecule has 8 heteroatoms. The van der Waals surface area contributed by atoms with Crippen LogP contribution in [-0.4, -0.2) is 45.1 Å². The van der Waals surface area contributed by atoms with E-state index in [4.69, 9.17) is 0 Å². The van der Waals surface area contributed by atoms with Gasteiger partial charge in [0.2, 0.25) is 5.91 Å². The lowest BCUT2D eigenvalue weighted by atomic mass is 10.1. The van der Waals surface area contributed by atoms with Crippen molar-refractivity contribution in [3.63, 3.8) is 0 Å². The van der Waals surface area contributed by atoms with Crippen LogP contribution in [0.4, 0.5) is 10.1 Å². The first-order valence-corrected chi connectivity index (χ1v) is 9.87. The SMILES string of the molecule is CN(CC(=O)Nc1ccc(F)cc1)C(=O)c1cn(-c2ccccc2)nc1-c1cccnc1. The van der Waals surface area contributed by atoms with Crippen LogP contribution in [0.5, 0.6) is 0 Å². The fourth-order valence-corrected chi connectivity index (χ4v) is 3.19. The van der Waals surface area contributed by atoms with Gasteiger partial charge in [-0.25, -0.2) is 9.07 Å². The molecule has 2 aromatic carbocycles. The monoisotopic (exact) mass is 429 g/mol. The molecule has 7 nitrogen and oxygen atoms in total. The van der Waals surface area contributed by atoms with Gasteiger partial charge in [0.05, 0.1) is 17.8 Å². The molecule has 0 bridgehead atoms. The summed E-state index contributed by atoms with van der Waals surface area (Å²) in [6.07, 6.45) is 4.93. The summed E-state index contributed by atoms with van der Waals surface area (Å²) in [6, 6.07) is 18.4. The number of carbonyl (C=O) groups excluding carboxylic acids is 2. The number of carbonyl (C=O) groups is 2. The average Bonchev–Trinajstić information content (AvgIpc) is 3.26. The molecule has 4 aromatic rings. The molecule has 0 radical (unpaired) electrons. The molecule has 0 aliphatic carbocycles. The largest absolute Gasteiger partial charge is 0.332 e. The number of hydrogen-bond donors (Lipinski definition) is 1. The van der Waals surface area contributed by atoms with Crippen LogP contribution in [0.2, 0.25) is 0 Å². The summed E-state index contributed by atoms with van der Waals surface area (Å²) in [5.74, 6) is -1.15. The van der Waals surface area contributed by atoms with Crippen LogP contribution in [-0.2, 0) is 4.79 Å². The number of hydrogen-bond acceptors (Lipinski definition) is 4. The Kier molecular flexibility index (Phi) is 6.03. The van der Waals surface area contributed by atoms with E-state index in [0.717, 1.165) is 5.69 Å². The Labute approximate surface area is 184 Å². The Morgan fingerprint density at radius 1 is 1.03 bits per heavy atom. The van der Waals surface area contributed by atoms with Crippen LogP contribution in [0.25, 0.3) is 16.9 Å². The molecule has 0 unspecified atom stereocenters. The number of halogens is 1. The average molecular weight is 429 g/mol. The van der Waals surface area contributed by atoms with Crippen molar-refractivity contribution in [2.24, 2.45) is 0 Å². The van der Waals surface area contributed by atoms with Gasteiger partial charge >= 0.3 is 0 Å². The van der Waals surface area contributed by atoms with Crippen LogP contribution in [0, 0.1) is 5.82 Å². The van der Waals surface area contributed by atoms with E-state index >= 15 is 0 Å². The first-order valence-electron chi connectivity index (χ1n) is 9.87. The maximum absolute atomic E-state index is 13.2. The highest BCUT2D eigenvalue weighted by molar-refractivity contribution is 6.02. The normalized spacial score (nSPS) is 10.6. The molecule has 0 atom stereocenters. The van der Waals surface area contributed by atoms with Gasteiger partial charge in [-0.3, -0.25) is 14.6 Å². The number of para-hydroxylation sites is 1. The van der Waals surface area contributed by atoms with Crippen molar-refractivity contribution in [3.05, 3.63) is 96.7 Å². The second-order valence-electron chi connectivity index (χ2n) is 7.13. The lowest BCUT2D eigenvalue weighted by Gasteiger charge is -2.16. The van der Waals surface area contributed by atoms with Crippen LogP contribution >= 0.6 is 0 Å². The van der Waals surface area contributed by atoms with E-state index in [2.05, 4.69) is 15.4 Å². The van der Waals surface area contributed by atoms with E-state index in [1.807, 2.05) is 36.4 Å². The van der Waals surface area contributed by atoms with Crippen molar-refractivity contribution in [2.45, 2.75) is 0 Å². The third-order valence-electron chi connectivity index (χ3n) is 4.76. The Morgan fingerprint density at radius 2 is 1.78 bits per heavy atom. The lowest BCUT2D eigenvalue weighted by Crippen LogP contribution is -2.35. The second kappa shape index (κ2) is 9.22. The van der Waals surface area contributed by atoms with Crippen molar-refractivity contribution >= 4 is 17.5 Å².